The Balaban J connectivity index is 1.60. The van der Waals surface area contributed by atoms with Gasteiger partial charge >= 0.3 is 0 Å². The molecule has 7 heteroatoms. The lowest BCUT2D eigenvalue weighted by Gasteiger charge is -2.24. The molecule has 5 rings (SSSR count). The van der Waals surface area contributed by atoms with Gasteiger partial charge in [0.1, 0.15) is 9.53 Å². The zero-order valence-corrected chi connectivity index (χ0v) is 15.9. The van der Waals surface area contributed by atoms with Crippen LogP contribution in [0.5, 0.6) is 0 Å². The van der Waals surface area contributed by atoms with E-state index in [0.717, 1.165) is 42.3 Å². The predicted octanol–water partition coefficient (Wildman–Crippen LogP) is 4.25. The first-order valence-electron chi connectivity index (χ1n) is 9.81. The fourth-order valence-corrected chi connectivity index (χ4v) is 5.25. The van der Waals surface area contributed by atoms with Crippen molar-refractivity contribution in [3.63, 3.8) is 0 Å². The van der Waals surface area contributed by atoms with Crippen LogP contribution in [0.4, 0.5) is 5.69 Å². The van der Waals surface area contributed by atoms with Gasteiger partial charge in [-0.25, -0.2) is 9.97 Å². The number of aromatic nitrogens is 3. The van der Waals surface area contributed by atoms with E-state index >= 15 is 0 Å². The van der Waals surface area contributed by atoms with E-state index in [-0.39, 0.29) is 23.4 Å². The number of rotatable bonds is 3. The van der Waals surface area contributed by atoms with E-state index in [1.54, 1.807) is 18.6 Å². The summed E-state index contributed by atoms with van der Waals surface area (Å²) in [5.41, 5.74) is 1.39. The number of amides is 1. The van der Waals surface area contributed by atoms with Crippen LogP contribution in [-0.2, 0) is 4.79 Å². The van der Waals surface area contributed by atoms with Crippen molar-refractivity contribution in [2.45, 2.75) is 57.4 Å². The minimum absolute atomic E-state index is 0.0196. The van der Waals surface area contributed by atoms with Crippen LogP contribution in [0.3, 0.4) is 0 Å². The quantitative estimate of drug-likeness (QED) is 0.735. The SMILES string of the molecule is O=C(Nc1ccnc2sc3c(=O)n(C4CCCCC4)cnc3c12)C1CCC1. The van der Waals surface area contributed by atoms with Crippen molar-refractivity contribution in [2.24, 2.45) is 5.92 Å². The van der Waals surface area contributed by atoms with Gasteiger partial charge in [-0.05, 0) is 31.7 Å². The number of fused-ring (bicyclic) bond motifs is 3. The molecule has 2 saturated carbocycles. The molecular formula is C20H22N4O2S. The zero-order valence-electron chi connectivity index (χ0n) is 15.1. The molecule has 0 aliphatic heterocycles. The Kier molecular flexibility index (Phi) is 4.19. The average molecular weight is 382 g/mol. The smallest absolute Gasteiger partial charge is 0.271 e. The lowest BCUT2D eigenvalue weighted by atomic mass is 9.85. The summed E-state index contributed by atoms with van der Waals surface area (Å²) in [6.07, 6.45) is 12.1. The highest BCUT2D eigenvalue weighted by Crippen LogP contribution is 2.36. The molecule has 0 saturated heterocycles. The van der Waals surface area contributed by atoms with Gasteiger partial charge in [-0.2, -0.15) is 0 Å². The van der Waals surface area contributed by atoms with E-state index in [9.17, 15) is 9.59 Å². The van der Waals surface area contributed by atoms with E-state index < -0.39 is 0 Å². The molecule has 27 heavy (non-hydrogen) atoms. The molecule has 0 spiro atoms. The molecular weight excluding hydrogens is 360 g/mol. The van der Waals surface area contributed by atoms with Gasteiger partial charge in [0.05, 0.1) is 22.9 Å². The van der Waals surface area contributed by atoms with Crippen LogP contribution < -0.4 is 10.9 Å². The van der Waals surface area contributed by atoms with Gasteiger partial charge in [0.2, 0.25) is 5.91 Å². The summed E-state index contributed by atoms with van der Waals surface area (Å²) >= 11 is 1.38. The number of pyridine rings is 1. The van der Waals surface area contributed by atoms with Gasteiger partial charge in [-0.3, -0.25) is 14.2 Å². The first-order valence-corrected chi connectivity index (χ1v) is 10.6. The Morgan fingerprint density at radius 2 is 1.93 bits per heavy atom. The van der Waals surface area contributed by atoms with Crippen molar-refractivity contribution < 1.29 is 4.79 Å². The highest BCUT2D eigenvalue weighted by molar-refractivity contribution is 7.25. The fourth-order valence-electron chi connectivity index (χ4n) is 4.19. The standard InChI is InChI=1S/C20H22N4O2S/c25-18(12-5-4-6-12)23-14-9-10-21-19-15(14)16-17(27-19)20(26)24(11-22-16)13-7-2-1-3-8-13/h9-13H,1-8H2,(H,21,23,25). The summed E-state index contributed by atoms with van der Waals surface area (Å²) in [6, 6.07) is 2.05. The maximum Gasteiger partial charge on any atom is 0.271 e. The van der Waals surface area contributed by atoms with E-state index in [1.807, 2.05) is 4.57 Å². The minimum atomic E-state index is 0.0196. The third-order valence-electron chi connectivity index (χ3n) is 6.01. The second-order valence-corrected chi connectivity index (χ2v) is 8.68. The Morgan fingerprint density at radius 3 is 2.67 bits per heavy atom. The van der Waals surface area contributed by atoms with Crippen molar-refractivity contribution in [1.82, 2.24) is 14.5 Å². The summed E-state index contributed by atoms with van der Waals surface area (Å²) in [4.78, 5) is 35.3. The zero-order chi connectivity index (χ0) is 18.4. The van der Waals surface area contributed by atoms with Crippen molar-refractivity contribution >= 4 is 43.4 Å². The number of nitrogens with zero attached hydrogens (tertiary/aromatic N) is 3. The second kappa shape index (κ2) is 6.71. The molecule has 1 N–H and O–H groups in total. The highest BCUT2D eigenvalue weighted by Gasteiger charge is 2.26. The van der Waals surface area contributed by atoms with Gasteiger partial charge in [0.15, 0.2) is 0 Å². The van der Waals surface area contributed by atoms with Crippen LogP contribution in [0.25, 0.3) is 20.4 Å². The largest absolute Gasteiger partial charge is 0.325 e. The molecule has 0 atom stereocenters. The molecule has 2 aliphatic carbocycles. The summed E-state index contributed by atoms with van der Waals surface area (Å²) in [7, 11) is 0. The molecule has 0 bridgehead atoms. The third-order valence-corrected chi connectivity index (χ3v) is 7.08. The summed E-state index contributed by atoms with van der Waals surface area (Å²) in [5.74, 6) is 0.165. The molecule has 6 nitrogen and oxygen atoms in total. The number of nitrogens with one attached hydrogen (secondary N) is 1. The Hall–Kier alpha value is -2.28. The maximum atomic E-state index is 13.1. The minimum Gasteiger partial charge on any atom is -0.325 e. The lowest BCUT2D eigenvalue weighted by molar-refractivity contribution is -0.122. The van der Waals surface area contributed by atoms with Crippen molar-refractivity contribution in [3.8, 4) is 0 Å². The topological polar surface area (TPSA) is 76.9 Å². The van der Waals surface area contributed by atoms with Gasteiger partial charge in [-0.15, -0.1) is 11.3 Å². The molecule has 140 valence electrons. The number of hydrogen-bond acceptors (Lipinski definition) is 5. The number of carbonyl (C=O) groups excluding carboxylic acids is 1. The van der Waals surface area contributed by atoms with Crippen LogP contribution in [0.15, 0.2) is 23.4 Å². The number of anilines is 1. The van der Waals surface area contributed by atoms with E-state index in [2.05, 4.69) is 15.3 Å². The van der Waals surface area contributed by atoms with Crippen LogP contribution >= 0.6 is 11.3 Å². The Bertz CT molecular complexity index is 1080. The number of hydrogen-bond donors (Lipinski definition) is 1. The van der Waals surface area contributed by atoms with E-state index in [0.29, 0.717) is 15.9 Å². The molecule has 3 aromatic rings. The molecule has 0 aromatic carbocycles. The van der Waals surface area contributed by atoms with E-state index in [1.165, 1.54) is 30.6 Å². The highest BCUT2D eigenvalue weighted by atomic mass is 32.1. The predicted molar refractivity (Wildman–Crippen MR) is 107 cm³/mol. The Morgan fingerprint density at radius 1 is 1.11 bits per heavy atom. The average Bonchev–Trinajstić information content (AvgIpc) is 3.02. The first-order chi connectivity index (χ1) is 13.2. The lowest BCUT2D eigenvalue weighted by Crippen LogP contribution is -2.28. The molecule has 0 unspecified atom stereocenters. The fraction of sp³-hybridized carbons (Fsp3) is 0.500. The van der Waals surface area contributed by atoms with Crippen LogP contribution in [-0.4, -0.2) is 20.4 Å². The van der Waals surface area contributed by atoms with Gasteiger partial charge < -0.3 is 5.32 Å². The van der Waals surface area contributed by atoms with Crippen molar-refractivity contribution in [3.05, 3.63) is 28.9 Å². The first kappa shape index (κ1) is 16.9. The van der Waals surface area contributed by atoms with Gasteiger partial charge in [0.25, 0.3) is 5.56 Å². The van der Waals surface area contributed by atoms with Crippen LogP contribution in [0.1, 0.15) is 57.4 Å². The molecule has 0 radical (unpaired) electrons. The number of thiophene rings is 1. The van der Waals surface area contributed by atoms with Crippen LogP contribution in [0.2, 0.25) is 0 Å². The van der Waals surface area contributed by atoms with Crippen molar-refractivity contribution in [1.29, 1.82) is 0 Å². The van der Waals surface area contributed by atoms with E-state index in [4.69, 9.17) is 0 Å². The monoisotopic (exact) mass is 382 g/mol. The Labute approximate surface area is 160 Å². The molecule has 1 amide bonds. The third kappa shape index (κ3) is 2.84. The summed E-state index contributed by atoms with van der Waals surface area (Å²) < 4.78 is 2.44. The summed E-state index contributed by atoms with van der Waals surface area (Å²) in [6.45, 7) is 0. The van der Waals surface area contributed by atoms with Crippen molar-refractivity contribution in [2.75, 3.05) is 5.32 Å². The molecule has 2 aliphatic rings. The summed E-state index contributed by atoms with van der Waals surface area (Å²) in [5, 5.41) is 3.83. The van der Waals surface area contributed by atoms with Gasteiger partial charge in [0, 0.05) is 18.2 Å². The van der Waals surface area contributed by atoms with Crippen LogP contribution in [0, 0.1) is 5.92 Å². The van der Waals surface area contributed by atoms with Gasteiger partial charge in [-0.1, -0.05) is 25.7 Å². The molecule has 3 heterocycles. The molecule has 3 aromatic heterocycles. The maximum absolute atomic E-state index is 13.1. The normalized spacial score (nSPS) is 18.7. The second-order valence-electron chi connectivity index (χ2n) is 7.68. The number of carbonyl (C=O) groups is 1. The molecule has 2 fully saturated rings.